The first kappa shape index (κ1) is 14.9. The number of sulfonamides is 1. The fraction of sp³-hybridized carbons (Fsp3) is 0.417. The number of carbonyl (C=O) groups excluding carboxylic acids is 1. The van der Waals surface area contributed by atoms with E-state index in [1.807, 2.05) is 0 Å². The van der Waals surface area contributed by atoms with Crippen molar-refractivity contribution in [2.24, 2.45) is 0 Å². The van der Waals surface area contributed by atoms with Crippen LogP contribution >= 0.6 is 0 Å². The van der Waals surface area contributed by atoms with Gasteiger partial charge in [-0.25, -0.2) is 17.2 Å². The van der Waals surface area contributed by atoms with Gasteiger partial charge in [0, 0.05) is 18.3 Å². The minimum absolute atomic E-state index is 0.0344. The van der Waals surface area contributed by atoms with Crippen LogP contribution in [0, 0.1) is 11.6 Å². The van der Waals surface area contributed by atoms with Gasteiger partial charge in [-0.05, 0) is 25.0 Å². The zero-order valence-corrected chi connectivity index (χ0v) is 11.6. The lowest BCUT2D eigenvalue weighted by Crippen LogP contribution is -2.42. The summed E-state index contributed by atoms with van der Waals surface area (Å²) in [5, 5.41) is 2.34. The second kappa shape index (κ2) is 5.45. The van der Waals surface area contributed by atoms with Gasteiger partial charge in [-0.3, -0.25) is 4.79 Å². The normalized spacial score (nSPS) is 20.1. The molecule has 1 fully saturated rings. The van der Waals surface area contributed by atoms with E-state index in [9.17, 15) is 22.0 Å². The van der Waals surface area contributed by atoms with E-state index in [1.54, 1.807) is 0 Å². The van der Waals surface area contributed by atoms with Crippen LogP contribution in [-0.2, 0) is 14.8 Å². The molecule has 1 aliphatic heterocycles. The molecule has 1 aliphatic rings. The van der Waals surface area contributed by atoms with Crippen LogP contribution in [0.3, 0.4) is 0 Å². The van der Waals surface area contributed by atoms with E-state index in [4.69, 9.17) is 0 Å². The van der Waals surface area contributed by atoms with Gasteiger partial charge in [0.15, 0.2) is 0 Å². The van der Waals surface area contributed by atoms with Crippen molar-refractivity contribution in [2.45, 2.75) is 18.9 Å². The van der Waals surface area contributed by atoms with Gasteiger partial charge in [-0.1, -0.05) is 0 Å². The third kappa shape index (κ3) is 3.31. The van der Waals surface area contributed by atoms with Gasteiger partial charge in [0.1, 0.15) is 17.7 Å². The lowest BCUT2D eigenvalue weighted by molar-refractivity contribution is -0.119. The fourth-order valence-corrected chi connectivity index (χ4v) is 3.37. The summed E-state index contributed by atoms with van der Waals surface area (Å²) in [6.07, 6.45) is 1.99. The molecule has 20 heavy (non-hydrogen) atoms. The van der Waals surface area contributed by atoms with Gasteiger partial charge in [-0.15, -0.1) is 0 Å². The Balaban J connectivity index is 2.15. The monoisotopic (exact) mass is 304 g/mol. The number of hydrogen-bond acceptors (Lipinski definition) is 3. The van der Waals surface area contributed by atoms with Crippen LogP contribution in [0.15, 0.2) is 18.2 Å². The Bertz CT molecular complexity index is 613. The fourth-order valence-electron chi connectivity index (χ4n) is 2.25. The number of rotatable bonds is 3. The smallest absolute Gasteiger partial charge is 0.242 e. The van der Waals surface area contributed by atoms with E-state index >= 15 is 0 Å². The lowest BCUT2D eigenvalue weighted by atomic mass is 10.2. The number of hydrogen-bond donors (Lipinski definition) is 1. The van der Waals surface area contributed by atoms with Crippen molar-refractivity contribution >= 4 is 21.6 Å². The Labute approximate surface area is 115 Å². The van der Waals surface area contributed by atoms with Gasteiger partial charge >= 0.3 is 0 Å². The molecule has 0 aromatic heterocycles. The molecule has 1 atom stereocenters. The Kier molecular flexibility index (Phi) is 4.05. The molecule has 0 bridgehead atoms. The van der Waals surface area contributed by atoms with E-state index in [1.165, 1.54) is 0 Å². The van der Waals surface area contributed by atoms with Crippen molar-refractivity contribution in [3.63, 3.8) is 0 Å². The highest BCUT2D eigenvalue weighted by Crippen LogP contribution is 2.22. The topological polar surface area (TPSA) is 66.5 Å². The molecule has 1 aromatic carbocycles. The molecule has 8 heteroatoms. The van der Waals surface area contributed by atoms with Gasteiger partial charge in [0.25, 0.3) is 0 Å². The van der Waals surface area contributed by atoms with Gasteiger partial charge in [0.2, 0.25) is 15.9 Å². The van der Waals surface area contributed by atoms with Crippen molar-refractivity contribution in [3.05, 3.63) is 29.8 Å². The van der Waals surface area contributed by atoms with Crippen LogP contribution in [-0.4, -0.2) is 37.5 Å². The molecule has 0 spiro atoms. The van der Waals surface area contributed by atoms with E-state index in [2.05, 4.69) is 5.32 Å². The average molecular weight is 304 g/mol. The largest absolute Gasteiger partial charge is 0.324 e. The molecule has 0 aliphatic carbocycles. The van der Waals surface area contributed by atoms with Crippen LogP contribution in [0.1, 0.15) is 12.8 Å². The Hall–Kier alpha value is -1.54. The quantitative estimate of drug-likeness (QED) is 0.916. The van der Waals surface area contributed by atoms with Gasteiger partial charge in [0.05, 0.1) is 6.26 Å². The first-order valence-corrected chi connectivity index (χ1v) is 7.86. The Morgan fingerprint density at radius 1 is 1.30 bits per heavy atom. The third-order valence-corrected chi connectivity index (χ3v) is 4.35. The highest BCUT2D eigenvalue weighted by Gasteiger charge is 2.36. The number of anilines is 1. The maximum Gasteiger partial charge on any atom is 0.242 e. The summed E-state index contributed by atoms with van der Waals surface area (Å²) in [7, 11) is -3.48. The first-order valence-electron chi connectivity index (χ1n) is 6.01. The van der Waals surface area contributed by atoms with E-state index in [0.717, 1.165) is 22.7 Å². The minimum atomic E-state index is -3.48. The van der Waals surface area contributed by atoms with Crippen molar-refractivity contribution in [2.75, 3.05) is 18.1 Å². The van der Waals surface area contributed by atoms with Crippen LogP contribution in [0.4, 0.5) is 14.5 Å². The molecule has 5 nitrogen and oxygen atoms in total. The molecule has 2 rings (SSSR count). The summed E-state index contributed by atoms with van der Waals surface area (Å²) < 4.78 is 50.2. The van der Waals surface area contributed by atoms with E-state index < -0.39 is 33.6 Å². The molecule has 0 radical (unpaired) electrons. The molecule has 1 heterocycles. The third-order valence-electron chi connectivity index (χ3n) is 3.06. The van der Waals surface area contributed by atoms with Crippen LogP contribution in [0.25, 0.3) is 0 Å². The van der Waals surface area contributed by atoms with Gasteiger partial charge < -0.3 is 5.32 Å². The Morgan fingerprint density at radius 3 is 2.45 bits per heavy atom. The lowest BCUT2D eigenvalue weighted by Gasteiger charge is -2.21. The van der Waals surface area contributed by atoms with E-state index in [-0.39, 0.29) is 12.2 Å². The molecule has 1 aromatic rings. The zero-order chi connectivity index (χ0) is 14.9. The highest BCUT2D eigenvalue weighted by atomic mass is 32.2. The van der Waals surface area contributed by atoms with Crippen molar-refractivity contribution in [1.29, 1.82) is 0 Å². The first-order chi connectivity index (χ1) is 9.27. The Morgan fingerprint density at radius 2 is 1.90 bits per heavy atom. The van der Waals surface area contributed by atoms with Crippen molar-refractivity contribution < 1.29 is 22.0 Å². The molecule has 1 unspecified atom stereocenters. The number of nitrogens with zero attached hydrogens (tertiary/aromatic N) is 1. The number of amides is 1. The predicted molar refractivity (Wildman–Crippen MR) is 69.6 cm³/mol. The summed E-state index contributed by atoms with van der Waals surface area (Å²) in [5.41, 5.74) is -0.0344. The van der Waals surface area contributed by atoms with Crippen LogP contribution in [0.2, 0.25) is 0 Å². The molecule has 1 saturated heterocycles. The number of carbonyl (C=O) groups is 1. The molecule has 110 valence electrons. The number of nitrogens with one attached hydrogen (secondary N) is 1. The second-order valence-corrected chi connectivity index (χ2v) is 6.61. The molecule has 1 N–H and O–H groups in total. The standard InChI is InChI=1S/C12H14F2N2O3S/c1-20(18,19)16-4-2-3-11(16)12(17)15-10-6-8(13)5-9(14)7-10/h5-7,11H,2-4H2,1H3,(H,15,17). The number of halogens is 2. The van der Waals surface area contributed by atoms with Crippen molar-refractivity contribution in [3.8, 4) is 0 Å². The summed E-state index contributed by atoms with van der Waals surface area (Å²) in [4.78, 5) is 12.0. The second-order valence-electron chi connectivity index (χ2n) is 4.68. The maximum atomic E-state index is 13.0. The summed E-state index contributed by atoms with van der Waals surface area (Å²) in [6, 6.07) is 1.80. The number of benzene rings is 1. The minimum Gasteiger partial charge on any atom is -0.324 e. The molecule has 0 saturated carbocycles. The van der Waals surface area contributed by atoms with Crippen molar-refractivity contribution in [1.82, 2.24) is 4.31 Å². The van der Waals surface area contributed by atoms with Crippen LogP contribution in [0.5, 0.6) is 0 Å². The highest BCUT2D eigenvalue weighted by molar-refractivity contribution is 7.88. The predicted octanol–water partition coefficient (Wildman–Crippen LogP) is 1.33. The summed E-state index contributed by atoms with van der Waals surface area (Å²) in [6.45, 7) is 0.272. The van der Waals surface area contributed by atoms with E-state index in [0.29, 0.717) is 18.9 Å². The SMILES string of the molecule is CS(=O)(=O)N1CCCC1C(=O)Nc1cc(F)cc(F)c1. The molecule has 1 amide bonds. The molecular formula is C12H14F2N2O3S. The van der Waals surface area contributed by atoms with Gasteiger partial charge in [-0.2, -0.15) is 4.31 Å². The molecular weight excluding hydrogens is 290 g/mol. The van der Waals surface area contributed by atoms with Crippen LogP contribution < -0.4 is 5.32 Å². The maximum absolute atomic E-state index is 13.0. The summed E-state index contributed by atoms with van der Waals surface area (Å²) in [5.74, 6) is -2.21. The summed E-state index contributed by atoms with van der Waals surface area (Å²) >= 11 is 0. The average Bonchev–Trinajstić information content (AvgIpc) is 2.75. The zero-order valence-electron chi connectivity index (χ0n) is 10.8.